The Bertz CT molecular complexity index is 53.9. The predicted octanol–water partition coefficient (Wildman–Crippen LogP) is 1.09. The maximum atomic E-state index is 2.33. The van der Waals surface area contributed by atoms with Crippen molar-refractivity contribution in [3.8, 4) is 0 Å². The maximum absolute atomic E-state index is 2.33. The van der Waals surface area contributed by atoms with E-state index in [4.69, 9.17) is 0 Å². The first-order valence-electron chi connectivity index (χ1n) is 3.27. The average molecular weight is 123 g/mol. The molecule has 0 aromatic rings. The topological polar surface area (TPSA) is 3.24 Å². The molecule has 0 fully saturated rings. The van der Waals surface area contributed by atoms with Crippen LogP contribution < -0.4 is 0 Å². The molecular formula is C7H18LiN. The van der Waals surface area contributed by atoms with Gasteiger partial charge >= 0.3 is 18.9 Å². The van der Waals surface area contributed by atoms with Gasteiger partial charge in [-0.1, -0.05) is 0 Å². The average Bonchev–Trinajstić information content (AvgIpc) is 1.64. The van der Waals surface area contributed by atoms with E-state index in [2.05, 4.69) is 39.6 Å². The van der Waals surface area contributed by atoms with Gasteiger partial charge in [0, 0.05) is 12.1 Å². The van der Waals surface area contributed by atoms with E-state index in [9.17, 15) is 0 Å². The van der Waals surface area contributed by atoms with Gasteiger partial charge < -0.3 is 4.90 Å². The van der Waals surface area contributed by atoms with Gasteiger partial charge in [-0.2, -0.15) is 0 Å². The van der Waals surface area contributed by atoms with Crippen molar-refractivity contribution in [1.82, 2.24) is 4.90 Å². The fourth-order valence-electron chi connectivity index (χ4n) is 0.596. The molecule has 0 aliphatic rings. The molecule has 0 saturated heterocycles. The van der Waals surface area contributed by atoms with Crippen LogP contribution in [-0.2, 0) is 0 Å². The van der Waals surface area contributed by atoms with Crippen molar-refractivity contribution in [2.24, 2.45) is 0 Å². The van der Waals surface area contributed by atoms with Crippen LogP contribution in [0.5, 0.6) is 0 Å². The number of nitrogens with zero attached hydrogens (tertiary/aromatic N) is 1. The van der Waals surface area contributed by atoms with Crippen molar-refractivity contribution in [2.75, 3.05) is 7.05 Å². The summed E-state index contributed by atoms with van der Waals surface area (Å²) in [5, 5.41) is 0. The third-order valence-corrected chi connectivity index (χ3v) is 1.63. The molecule has 0 unspecified atom stereocenters. The van der Waals surface area contributed by atoms with Crippen LogP contribution in [0.2, 0.25) is 0 Å². The summed E-state index contributed by atoms with van der Waals surface area (Å²) in [5.41, 5.74) is 0. The molecule has 0 aliphatic heterocycles. The Morgan fingerprint density at radius 1 is 0.889 bits per heavy atom. The molecule has 9 heavy (non-hydrogen) atoms. The molecule has 0 aromatic heterocycles. The number of hydrogen-bond donors (Lipinski definition) is 0. The summed E-state index contributed by atoms with van der Waals surface area (Å²) >= 11 is 0. The molecule has 0 aliphatic carbocycles. The second-order valence-corrected chi connectivity index (χ2v) is 2.85. The van der Waals surface area contributed by atoms with E-state index in [0.717, 1.165) is 0 Å². The van der Waals surface area contributed by atoms with Crippen LogP contribution in [0.1, 0.15) is 27.7 Å². The molecule has 0 saturated carbocycles. The third kappa shape index (κ3) is 5.02. The normalized spacial score (nSPS) is 10.7. The van der Waals surface area contributed by atoms with Gasteiger partial charge in [-0.15, -0.1) is 0 Å². The summed E-state index contributed by atoms with van der Waals surface area (Å²) in [6.45, 7) is 8.83. The van der Waals surface area contributed by atoms with E-state index in [0.29, 0.717) is 12.1 Å². The molecule has 0 N–H and O–H groups in total. The number of rotatable bonds is 2. The monoisotopic (exact) mass is 123 g/mol. The summed E-state index contributed by atoms with van der Waals surface area (Å²) in [6.07, 6.45) is 0. The minimum absolute atomic E-state index is 0. The van der Waals surface area contributed by atoms with Gasteiger partial charge in [0.1, 0.15) is 0 Å². The molecule has 0 heterocycles. The van der Waals surface area contributed by atoms with Crippen LogP contribution in [0.3, 0.4) is 0 Å². The molecule has 0 atom stereocenters. The summed E-state index contributed by atoms with van der Waals surface area (Å²) in [4.78, 5) is 2.33. The van der Waals surface area contributed by atoms with E-state index in [1.54, 1.807) is 0 Å². The summed E-state index contributed by atoms with van der Waals surface area (Å²) < 4.78 is 0. The second-order valence-electron chi connectivity index (χ2n) is 2.85. The van der Waals surface area contributed by atoms with Crippen molar-refractivity contribution in [1.29, 1.82) is 0 Å². The van der Waals surface area contributed by atoms with Gasteiger partial charge in [0.05, 0.1) is 0 Å². The first-order chi connectivity index (χ1) is 3.55. The van der Waals surface area contributed by atoms with Gasteiger partial charge in [-0.3, -0.25) is 0 Å². The van der Waals surface area contributed by atoms with Crippen molar-refractivity contribution in [2.45, 2.75) is 39.8 Å². The molecule has 1 nitrogen and oxygen atoms in total. The minimum atomic E-state index is 0. The van der Waals surface area contributed by atoms with Crippen LogP contribution in [0.15, 0.2) is 0 Å². The Labute approximate surface area is 71.0 Å². The molecule has 0 amide bonds. The van der Waals surface area contributed by atoms with E-state index < -0.39 is 0 Å². The zero-order valence-electron chi connectivity index (χ0n) is 6.60. The van der Waals surface area contributed by atoms with E-state index in [-0.39, 0.29) is 18.9 Å². The molecule has 52 valence electrons. The van der Waals surface area contributed by atoms with Crippen LogP contribution in [0.4, 0.5) is 0 Å². The van der Waals surface area contributed by atoms with Crippen molar-refractivity contribution >= 4 is 18.9 Å². The zero-order valence-corrected chi connectivity index (χ0v) is 6.60. The van der Waals surface area contributed by atoms with Crippen LogP contribution in [-0.4, -0.2) is 42.9 Å². The SMILES string of the molecule is CC(C)N(C)C(C)C.[LiH]. The quantitative estimate of drug-likeness (QED) is 0.497. The molecule has 0 radical (unpaired) electrons. The molecule has 0 aromatic carbocycles. The zero-order chi connectivity index (χ0) is 6.73. The first kappa shape index (κ1) is 12.3. The number of hydrogen-bond acceptors (Lipinski definition) is 1. The van der Waals surface area contributed by atoms with Gasteiger partial charge in [0.15, 0.2) is 0 Å². The Balaban J connectivity index is 0. The molecule has 0 rings (SSSR count). The Kier molecular flexibility index (Phi) is 7.29. The van der Waals surface area contributed by atoms with Gasteiger partial charge in [0.2, 0.25) is 0 Å². The van der Waals surface area contributed by atoms with Gasteiger partial charge in [0.25, 0.3) is 0 Å². The summed E-state index contributed by atoms with van der Waals surface area (Å²) in [7, 11) is 2.15. The molecular weight excluding hydrogens is 105 g/mol. The Hall–Kier alpha value is 0.557. The Morgan fingerprint density at radius 2 is 1.11 bits per heavy atom. The molecule has 2 heteroatoms. The standard InChI is InChI=1S/C7H17N.Li.H/c1-6(2)8(5)7(3)4;;/h6-7H,1-5H3;;. The Morgan fingerprint density at radius 3 is 1.11 bits per heavy atom. The van der Waals surface area contributed by atoms with E-state index in [1.807, 2.05) is 0 Å². The van der Waals surface area contributed by atoms with Crippen molar-refractivity contribution in [3.05, 3.63) is 0 Å². The summed E-state index contributed by atoms with van der Waals surface area (Å²) in [6, 6.07) is 1.35. The third-order valence-electron chi connectivity index (χ3n) is 1.63. The van der Waals surface area contributed by atoms with Crippen molar-refractivity contribution < 1.29 is 0 Å². The molecule has 0 spiro atoms. The van der Waals surface area contributed by atoms with E-state index in [1.165, 1.54) is 0 Å². The van der Waals surface area contributed by atoms with Crippen molar-refractivity contribution in [3.63, 3.8) is 0 Å². The van der Waals surface area contributed by atoms with E-state index >= 15 is 0 Å². The fraction of sp³-hybridized carbons (Fsp3) is 1.00. The van der Waals surface area contributed by atoms with Crippen LogP contribution in [0.25, 0.3) is 0 Å². The second kappa shape index (κ2) is 5.35. The predicted molar refractivity (Wildman–Crippen MR) is 45.2 cm³/mol. The first-order valence-corrected chi connectivity index (χ1v) is 3.27. The van der Waals surface area contributed by atoms with Crippen LogP contribution >= 0.6 is 0 Å². The van der Waals surface area contributed by atoms with Gasteiger partial charge in [-0.25, -0.2) is 0 Å². The fourth-order valence-corrected chi connectivity index (χ4v) is 0.596. The molecule has 0 bridgehead atoms. The van der Waals surface area contributed by atoms with Crippen LogP contribution in [0, 0.1) is 0 Å². The summed E-state index contributed by atoms with van der Waals surface area (Å²) in [5.74, 6) is 0. The van der Waals surface area contributed by atoms with Gasteiger partial charge in [-0.05, 0) is 34.7 Å².